The van der Waals surface area contributed by atoms with Crippen molar-refractivity contribution in [2.75, 3.05) is 0 Å². The van der Waals surface area contributed by atoms with Crippen LogP contribution in [0, 0.1) is 16.7 Å². The molecule has 0 aliphatic heterocycles. The molecular weight excluding hydrogens is 204 g/mol. The van der Waals surface area contributed by atoms with Gasteiger partial charge in [-0.25, -0.2) is 0 Å². The molecule has 3 heteroatoms. The Labute approximate surface area is 96.5 Å². The fraction of sp³-hybridized carbons (Fsp3) is 0.846. The van der Waals surface area contributed by atoms with Crippen LogP contribution < -0.4 is 0 Å². The first kappa shape index (κ1) is 11.6. The largest absolute Gasteiger partial charge is 0.462 e. The van der Waals surface area contributed by atoms with Gasteiger partial charge in [0.25, 0.3) is 0 Å². The average molecular weight is 224 g/mol. The first-order chi connectivity index (χ1) is 7.24. The highest BCUT2D eigenvalue weighted by atomic mass is 16.5. The molecule has 2 rings (SSSR count). The van der Waals surface area contributed by atoms with E-state index in [2.05, 4.69) is 20.8 Å². The molecule has 2 aliphatic rings. The van der Waals surface area contributed by atoms with Crippen LogP contribution in [0.5, 0.6) is 0 Å². The van der Waals surface area contributed by atoms with Gasteiger partial charge in [-0.2, -0.15) is 0 Å². The number of Topliss-reactive ketones (excluding diaryl/α,β-unsaturated/α-hetero) is 1. The van der Waals surface area contributed by atoms with E-state index in [1.165, 1.54) is 6.92 Å². The molecule has 0 N–H and O–H groups in total. The Hall–Kier alpha value is -0.860. The molecule has 3 nitrogen and oxygen atoms in total. The van der Waals surface area contributed by atoms with Crippen molar-refractivity contribution < 1.29 is 14.3 Å². The fourth-order valence-corrected chi connectivity index (χ4v) is 3.62. The summed E-state index contributed by atoms with van der Waals surface area (Å²) in [5, 5.41) is 0. The van der Waals surface area contributed by atoms with Crippen molar-refractivity contribution in [3.8, 4) is 0 Å². The lowest BCUT2D eigenvalue weighted by atomic mass is 9.47. The zero-order valence-electron chi connectivity index (χ0n) is 10.5. The average Bonchev–Trinajstić information content (AvgIpc) is 2.07. The summed E-state index contributed by atoms with van der Waals surface area (Å²) in [5.41, 5.74) is -0.0777. The summed E-state index contributed by atoms with van der Waals surface area (Å²) in [4.78, 5) is 23.0. The summed E-state index contributed by atoms with van der Waals surface area (Å²) >= 11 is 0. The van der Waals surface area contributed by atoms with Crippen LogP contribution in [0.4, 0.5) is 0 Å². The first-order valence-electron chi connectivity index (χ1n) is 5.94. The van der Waals surface area contributed by atoms with Gasteiger partial charge in [-0.15, -0.1) is 0 Å². The molecule has 0 spiro atoms. The van der Waals surface area contributed by atoms with Crippen LogP contribution >= 0.6 is 0 Å². The second-order valence-corrected chi connectivity index (χ2v) is 6.38. The van der Waals surface area contributed by atoms with Crippen LogP contribution in [0.15, 0.2) is 0 Å². The first-order valence-corrected chi connectivity index (χ1v) is 5.94. The minimum Gasteiger partial charge on any atom is -0.462 e. The van der Waals surface area contributed by atoms with Crippen molar-refractivity contribution in [3.05, 3.63) is 0 Å². The number of carbonyl (C=O) groups excluding carboxylic acids is 2. The van der Waals surface area contributed by atoms with Crippen LogP contribution in [-0.2, 0) is 14.3 Å². The molecule has 0 amide bonds. The molecule has 0 aromatic carbocycles. The summed E-state index contributed by atoms with van der Waals surface area (Å²) in [6.45, 7) is 7.77. The van der Waals surface area contributed by atoms with Crippen LogP contribution in [0.25, 0.3) is 0 Å². The summed E-state index contributed by atoms with van der Waals surface area (Å²) in [6.07, 6.45) is 2.30. The Morgan fingerprint density at radius 2 is 2.00 bits per heavy atom. The molecule has 3 unspecified atom stereocenters. The maximum Gasteiger partial charge on any atom is 0.302 e. The SMILES string of the molecule is CC(=O)OC1CC2C(=O)CC(C)(C)CC12C. The summed E-state index contributed by atoms with van der Waals surface area (Å²) < 4.78 is 5.31. The summed E-state index contributed by atoms with van der Waals surface area (Å²) in [7, 11) is 0. The zero-order valence-corrected chi connectivity index (χ0v) is 10.5. The van der Waals surface area contributed by atoms with Gasteiger partial charge in [0, 0.05) is 24.7 Å². The number of ether oxygens (including phenoxy) is 1. The summed E-state index contributed by atoms with van der Waals surface area (Å²) in [5.74, 6) is 0.229. The minimum atomic E-state index is -0.236. The Morgan fingerprint density at radius 1 is 1.38 bits per heavy atom. The van der Waals surface area contributed by atoms with Gasteiger partial charge in [-0.05, 0) is 18.3 Å². The predicted octanol–water partition coefficient (Wildman–Crippen LogP) is 2.33. The van der Waals surface area contributed by atoms with Gasteiger partial charge >= 0.3 is 5.97 Å². The van der Waals surface area contributed by atoms with Crippen LogP contribution in [-0.4, -0.2) is 17.9 Å². The molecule has 2 aliphatic carbocycles. The van der Waals surface area contributed by atoms with Crippen LogP contribution in [0.1, 0.15) is 47.0 Å². The zero-order chi connectivity index (χ0) is 12.1. The second-order valence-electron chi connectivity index (χ2n) is 6.38. The molecular formula is C13H20O3. The van der Waals surface area contributed by atoms with Crippen molar-refractivity contribution in [2.45, 2.75) is 53.1 Å². The Morgan fingerprint density at radius 3 is 2.56 bits per heavy atom. The van der Waals surface area contributed by atoms with Gasteiger partial charge in [-0.3, -0.25) is 9.59 Å². The number of rotatable bonds is 1. The van der Waals surface area contributed by atoms with E-state index in [0.717, 1.165) is 12.8 Å². The van der Waals surface area contributed by atoms with Crippen LogP contribution in [0.3, 0.4) is 0 Å². The van der Waals surface area contributed by atoms with Crippen molar-refractivity contribution in [1.29, 1.82) is 0 Å². The van der Waals surface area contributed by atoms with E-state index in [-0.39, 0.29) is 28.8 Å². The van der Waals surface area contributed by atoms with E-state index in [9.17, 15) is 9.59 Å². The topological polar surface area (TPSA) is 43.4 Å². The molecule has 0 aromatic heterocycles. The second kappa shape index (κ2) is 3.31. The van der Waals surface area contributed by atoms with Gasteiger partial charge in [-0.1, -0.05) is 20.8 Å². The number of esters is 1. The van der Waals surface area contributed by atoms with Crippen molar-refractivity contribution in [1.82, 2.24) is 0 Å². The molecule has 2 saturated carbocycles. The molecule has 0 aromatic rings. The molecule has 3 atom stereocenters. The van der Waals surface area contributed by atoms with Crippen molar-refractivity contribution in [3.63, 3.8) is 0 Å². The number of hydrogen-bond acceptors (Lipinski definition) is 3. The molecule has 0 heterocycles. The normalized spacial score (nSPS) is 40.9. The molecule has 2 fully saturated rings. The van der Waals surface area contributed by atoms with E-state index in [1.807, 2.05) is 0 Å². The predicted molar refractivity (Wildman–Crippen MR) is 59.8 cm³/mol. The lowest BCUT2D eigenvalue weighted by Crippen LogP contribution is -2.60. The van der Waals surface area contributed by atoms with E-state index >= 15 is 0 Å². The maximum absolute atomic E-state index is 12.0. The Kier molecular flexibility index (Phi) is 2.41. The number of ketones is 1. The van der Waals surface area contributed by atoms with Crippen molar-refractivity contribution in [2.24, 2.45) is 16.7 Å². The van der Waals surface area contributed by atoms with Crippen LogP contribution in [0.2, 0.25) is 0 Å². The molecule has 0 bridgehead atoms. The monoisotopic (exact) mass is 224 g/mol. The fourth-order valence-electron chi connectivity index (χ4n) is 3.62. The number of fused-ring (bicyclic) bond motifs is 1. The highest BCUT2D eigenvalue weighted by Gasteiger charge is 2.61. The van der Waals surface area contributed by atoms with E-state index in [0.29, 0.717) is 12.2 Å². The smallest absolute Gasteiger partial charge is 0.302 e. The highest BCUT2D eigenvalue weighted by Crippen LogP contribution is 2.59. The van der Waals surface area contributed by atoms with E-state index in [4.69, 9.17) is 4.74 Å². The van der Waals surface area contributed by atoms with Gasteiger partial charge in [0.05, 0.1) is 0 Å². The van der Waals surface area contributed by atoms with Gasteiger partial charge in [0.2, 0.25) is 0 Å². The lowest BCUT2D eigenvalue weighted by molar-refractivity contribution is -0.196. The standard InChI is InChI=1S/C13H20O3/c1-8(14)16-11-5-9-10(15)6-12(2,3)7-13(9,11)4/h9,11H,5-7H2,1-4H3. The Balaban J connectivity index is 2.17. The third kappa shape index (κ3) is 1.66. The Bertz CT molecular complexity index is 345. The van der Waals surface area contributed by atoms with Gasteiger partial charge < -0.3 is 4.74 Å². The number of carbonyl (C=O) groups is 2. The maximum atomic E-state index is 12.0. The van der Waals surface area contributed by atoms with Gasteiger partial charge in [0.1, 0.15) is 11.9 Å². The lowest BCUT2D eigenvalue weighted by Gasteiger charge is -2.58. The molecule has 0 saturated heterocycles. The van der Waals surface area contributed by atoms with Gasteiger partial charge in [0.15, 0.2) is 0 Å². The summed E-state index contributed by atoms with van der Waals surface area (Å²) in [6, 6.07) is 0. The van der Waals surface area contributed by atoms with E-state index < -0.39 is 0 Å². The molecule has 16 heavy (non-hydrogen) atoms. The molecule has 90 valence electrons. The third-order valence-corrected chi connectivity index (χ3v) is 4.19. The molecule has 0 radical (unpaired) electrons. The van der Waals surface area contributed by atoms with E-state index in [1.54, 1.807) is 0 Å². The minimum absolute atomic E-state index is 0.0428. The number of hydrogen-bond donors (Lipinski definition) is 0. The highest BCUT2D eigenvalue weighted by molar-refractivity contribution is 5.85. The van der Waals surface area contributed by atoms with Crippen molar-refractivity contribution >= 4 is 11.8 Å². The quantitative estimate of drug-likeness (QED) is 0.642. The third-order valence-electron chi connectivity index (χ3n) is 4.19.